The molecule has 2 aromatic rings. The Kier molecular flexibility index (Phi) is 4.76. The lowest BCUT2D eigenvalue weighted by molar-refractivity contribution is -0.113. The number of carbonyl (C=O) groups is 2. The maximum atomic E-state index is 12.5. The summed E-state index contributed by atoms with van der Waals surface area (Å²) >= 11 is 6.02. The van der Waals surface area contributed by atoms with Gasteiger partial charge in [-0.25, -0.2) is 0 Å². The van der Waals surface area contributed by atoms with Crippen LogP contribution < -0.4 is 15.0 Å². The Labute approximate surface area is 150 Å². The largest absolute Gasteiger partial charge is 0.491 e. The lowest BCUT2D eigenvalue weighted by Crippen LogP contribution is -2.29. The van der Waals surface area contributed by atoms with Gasteiger partial charge in [-0.1, -0.05) is 18.2 Å². The zero-order chi connectivity index (χ0) is 18.0. The van der Waals surface area contributed by atoms with E-state index in [1.165, 1.54) is 11.0 Å². The SMILES string of the molecule is C=CC(=O)N(C)c1ccc(C(=O)NC2COc3ccc(Cl)cc32)cc1. The van der Waals surface area contributed by atoms with Crippen molar-refractivity contribution in [3.05, 3.63) is 71.3 Å². The lowest BCUT2D eigenvalue weighted by atomic mass is 10.1. The van der Waals surface area contributed by atoms with Gasteiger partial charge >= 0.3 is 0 Å². The number of ether oxygens (including phenoxy) is 1. The number of nitrogens with one attached hydrogen (secondary N) is 1. The van der Waals surface area contributed by atoms with Crippen molar-refractivity contribution in [2.24, 2.45) is 0 Å². The molecule has 3 rings (SSSR count). The van der Waals surface area contributed by atoms with Crippen LogP contribution in [-0.4, -0.2) is 25.5 Å². The third-order valence-electron chi connectivity index (χ3n) is 4.08. The molecule has 6 heteroatoms. The van der Waals surface area contributed by atoms with Crippen molar-refractivity contribution >= 4 is 29.1 Å². The molecule has 5 nitrogen and oxygen atoms in total. The van der Waals surface area contributed by atoms with E-state index in [1.54, 1.807) is 49.5 Å². The molecule has 0 radical (unpaired) electrons. The number of carbonyl (C=O) groups excluding carboxylic acids is 2. The zero-order valence-corrected chi connectivity index (χ0v) is 14.4. The van der Waals surface area contributed by atoms with E-state index >= 15 is 0 Å². The van der Waals surface area contributed by atoms with Gasteiger partial charge in [-0.05, 0) is 48.5 Å². The van der Waals surface area contributed by atoms with Crippen molar-refractivity contribution in [2.75, 3.05) is 18.6 Å². The van der Waals surface area contributed by atoms with Gasteiger partial charge in [-0.15, -0.1) is 0 Å². The number of fused-ring (bicyclic) bond motifs is 1. The highest BCUT2D eigenvalue weighted by molar-refractivity contribution is 6.30. The molecule has 1 aliphatic rings. The second-order valence-corrected chi connectivity index (χ2v) is 6.10. The number of halogens is 1. The molecule has 1 atom stereocenters. The number of hydrogen-bond acceptors (Lipinski definition) is 3. The highest BCUT2D eigenvalue weighted by atomic mass is 35.5. The van der Waals surface area contributed by atoms with Crippen LogP contribution in [0, 0.1) is 0 Å². The van der Waals surface area contributed by atoms with E-state index in [1.807, 2.05) is 0 Å². The molecule has 25 heavy (non-hydrogen) atoms. The Morgan fingerprint density at radius 1 is 1.28 bits per heavy atom. The van der Waals surface area contributed by atoms with Gasteiger partial charge in [0.05, 0.1) is 6.04 Å². The third-order valence-corrected chi connectivity index (χ3v) is 4.32. The molecule has 0 bridgehead atoms. The maximum absolute atomic E-state index is 12.5. The van der Waals surface area contributed by atoms with Crippen LogP contribution in [0.5, 0.6) is 5.75 Å². The summed E-state index contributed by atoms with van der Waals surface area (Å²) in [5.41, 5.74) is 2.05. The van der Waals surface area contributed by atoms with Gasteiger partial charge < -0.3 is 15.0 Å². The van der Waals surface area contributed by atoms with Crippen LogP contribution in [0.4, 0.5) is 5.69 Å². The van der Waals surface area contributed by atoms with Gasteiger partial charge in [-0.2, -0.15) is 0 Å². The zero-order valence-electron chi connectivity index (χ0n) is 13.7. The number of nitrogens with zero attached hydrogens (tertiary/aromatic N) is 1. The fraction of sp³-hybridized carbons (Fsp3) is 0.158. The average molecular weight is 357 g/mol. The molecule has 128 valence electrons. The highest BCUT2D eigenvalue weighted by Gasteiger charge is 2.26. The Morgan fingerprint density at radius 2 is 2.00 bits per heavy atom. The van der Waals surface area contributed by atoms with Gasteiger partial charge in [0.2, 0.25) is 5.91 Å². The monoisotopic (exact) mass is 356 g/mol. The van der Waals surface area contributed by atoms with Gasteiger partial charge in [0, 0.05) is 28.9 Å². The quantitative estimate of drug-likeness (QED) is 0.855. The molecule has 2 aromatic carbocycles. The maximum Gasteiger partial charge on any atom is 0.251 e. The number of amides is 2. The molecule has 0 saturated heterocycles. The van der Waals surface area contributed by atoms with Crippen LogP contribution in [-0.2, 0) is 4.79 Å². The van der Waals surface area contributed by atoms with Crippen molar-refractivity contribution in [1.82, 2.24) is 5.32 Å². The average Bonchev–Trinajstić information content (AvgIpc) is 3.02. The minimum Gasteiger partial charge on any atom is -0.491 e. The molecule has 1 N–H and O–H groups in total. The van der Waals surface area contributed by atoms with Crippen LogP contribution >= 0.6 is 11.6 Å². The molecule has 0 aliphatic carbocycles. The standard InChI is InChI=1S/C19H17ClN2O3/c1-3-18(23)22(2)14-7-4-12(5-8-14)19(24)21-16-11-25-17-9-6-13(20)10-15(16)17/h3-10,16H,1,11H2,2H3,(H,21,24). The predicted octanol–water partition coefficient (Wildman–Crippen LogP) is 3.35. The summed E-state index contributed by atoms with van der Waals surface area (Å²) in [5, 5.41) is 3.54. The summed E-state index contributed by atoms with van der Waals surface area (Å²) < 4.78 is 5.57. The smallest absolute Gasteiger partial charge is 0.251 e. The van der Waals surface area contributed by atoms with E-state index in [4.69, 9.17) is 16.3 Å². The fourth-order valence-corrected chi connectivity index (χ4v) is 2.83. The molecule has 1 heterocycles. The van der Waals surface area contributed by atoms with Crippen LogP contribution in [0.25, 0.3) is 0 Å². The number of anilines is 1. The number of hydrogen-bond donors (Lipinski definition) is 1. The first kappa shape index (κ1) is 17.0. The molecule has 2 amide bonds. The second kappa shape index (κ2) is 6.99. The first-order valence-corrected chi connectivity index (χ1v) is 8.10. The second-order valence-electron chi connectivity index (χ2n) is 5.67. The van der Waals surface area contributed by atoms with Crippen LogP contribution in [0.2, 0.25) is 5.02 Å². The van der Waals surface area contributed by atoms with E-state index in [9.17, 15) is 9.59 Å². The van der Waals surface area contributed by atoms with Crippen LogP contribution in [0.1, 0.15) is 22.0 Å². The Morgan fingerprint density at radius 3 is 2.68 bits per heavy atom. The lowest BCUT2D eigenvalue weighted by Gasteiger charge is -2.16. The topological polar surface area (TPSA) is 58.6 Å². The molecule has 0 aromatic heterocycles. The van der Waals surface area contributed by atoms with E-state index in [2.05, 4.69) is 11.9 Å². The molecular formula is C19H17ClN2O3. The Balaban J connectivity index is 1.72. The van der Waals surface area contributed by atoms with Crippen molar-refractivity contribution in [2.45, 2.75) is 6.04 Å². The molecule has 1 unspecified atom stereocenters. The van der Waals surface area contributed by atoms with Gasteiger partial charge in [0.25, 0.3) is 5.91 Å². The number of benzene rings is 2. The van der Waals surface area contributed by atoms with E-state index in [0.717, 1.165) is 11.3 Å². The predicted molar refractivity (Wildman–Crippen MR) is 97.2 cm³/mol. The van der Waals surface area contributed by atoms with Gasteiger partial charge in [-0.3, -0.25) is 9.59 Å². The van der Waals surface area contributed by atoms with Gasteiger partial charge in [0.1, 0.15) is 12.4 Å². The first-order chi connectivity index (χ1) is 12.0. The molecule has 0 spiro atoms. The first-order valence-electron chi connectivity index (χ1n) is 7.73. The van der Waals surface area contributed by atoms with E-state index in [-0.39, 0.29) is 17.9 Å². The van der Waals surface area contributed by atoms with Crippen molar-refractivity contribution in [3.63, 3.8) is 0 Å². The summed E-state index contributed by atoms with van der Waals surface area (Å²) in [5.74, 6) is 0.300. The minimum absolute atomic E-state index is 0.214. The summed E-state index contributed by atoms with van der Waals surface area (Å²) in [6.45, 7) is 3.83. The molecule has 0 saturated carbocycles. The molecule has 0 fully saturated rings. The highest BCUT2D eigenvalue weighted by Crippen LogP contribution is 2.34. The fourth-order valence-electron chi connectivity index (χ4n) is 2.65. The van der Waals surface area contributed by atoms with Crippen LogP contribution in [0.15, 0.2) is 55.1 Å². The van der Waals surface area contributed by atoms with Crippen LogP contribution in [0.3, 0.4) is 0 Å². The molecular weight excluding hydrogens is 340 g/mol. The summed E-state index contributed by atoms with van der Waals surface area (Å²) in [4.78, 5) is 25.5. The molecule has 1 aliphatic heterocycles. The Bertz CT molecular complexity index is 833. The van der Waals surface area contributed by atoms with Crippen molar-refractivity contribution in [3.8, 4) is 5.75 Å². The number of likely N-dealkylation sites (N-methyl/N-ethyl adjacent to an activating group) is 1. The summed E-state index contributed by atoms with van der Waals surface area (Å²) in [6, 6.07) is 11.9. The normalized spacial score (nSPS) is 15.0. The van der Waals surface area contributed by atoms with Gasteiger partial charge in [0.15, 0.2) is 0 Å². The van der Waals surface area contributed by atoms with E-state index in [0.29, 0.717) is 22.9 Å². The Hall–Kier alpha value is -2.79. The minimum atomic E-state index is -0.245. The van der Waals surface area contributed by atoms with Crippen molar-refractivity contribution in [1.29, 1.82) is 0 Å². The summed E-state index contributed by atoms with van der Waals surface area (Å²) in [7, 11) is 1.65. The van der Waals surface area contributed by atoms with Crippen molar-refractivity contribution < 1.29 is 14.3 Å². The summed E-state index contributed by atoms with van der Waals surface area (Å²) in [6.07, 6.45) is 1.24. The van der Waals surface area contributed by atoms with E-state index < -0.39 is 0 Å². The third kappa shape index (κ3) is 3.51. The number of rotatable bonds is 4.